The van der Waals surface area contributed by atoms with Crippen molar-refractivity contribution < 1.29 is 19.0 Å². The summed E-state index contributed by atoms with van der Waals surface area (Å²) in [5, 5.41) is 0.123. The zero-order valence-corrected chi connectivity index (χ0v) is 20.0. The molecule has 0 bridgehead atoms. The highest BCUT2D eigenvalue weighted by Crippen LogP contribution is 2.36. The highest BCUT2D eigenvalue weighted by Gasteiger charge is 2.37. The maximum absolute atomic E-state index is 13.2. The normalized spacial score (nSPS) is 24.5. The molecule has 3 aromatic carbocycles. The first-order valence-corrected chi connectivity index (χ1v) is 12.9. The van der Waals surface area contributed by atoms with Crippen LogP contribution in [0.1, 0.15) is 40.7 Å². The molecule has 0 N–H and O–H groups in total. The van der Waals surface area contributed by atoms with Crippen LogP contribution in [-0.4, -0.2) is 36.1 Å². The van der Waals surface area contributed by atoms with Crippen LogP contribution in [0, 0.1) is 0 Å². The Hall–Kier alpha value is -2.44. The summed E-state index contributed by atoms with van der Waals surface area (Å²) in [6, 6.07) is 28.4. The van der Waals surface area contributed by atoms with E-state index in [4.69, 9.17) is 14.2 Å². The Bertz CT molecular complexity index is 1070. The van der Waals surface area contributed by atoms with Crippen molar-refractivity contribution in [3.05, 3.63) is 102 Å². The highest BCUT2D eigenvalue weighted by molar-refractivity contribution is 8.00. The van der Waals surface area contributed by atoms with E-state index >= 15 is 0 Å². The van der Waals surface area contributed by atoms with Crippen LogP contribution in [0.4, 0.5) is 0 Å². The Morgan fingerprint density at radius 2 is 1.59 bits per heavy atom. The third-order valence-electron chi connectivity index (χ3n) is 6.40. The van der Waals surface area contributed by atoms with Crippen molar-refractivity contribution >= 4 is 17.5 Å². The van der Waals surface area contributed by atoms with Gasteiger partial charge in [-0.3, -0.25) is 4.79 Å². The van der Waals surface area contributed by atoms with E-state index in [0.717, 1.165) is 36.0 Å². The molecule has 0 amide bonds. The molecule has 1 aliphatic carbocycles. The summed E-state index contributed by atoms with van der Waals surface area (Å²) in [5.41, 5.74) is 3.04. The minimum Gasteiger partial charge on any atom is -0.374 e. The molecule has 0 saturated carbocycles. The van der Waals surface area contributed by atoms with Crippen molar-refractivity contribution in [1.82, 2.24) is 0 Å². The quantitative estimate of drug-likeness (QED) is 0.396. The second-order valence-electron chi connectivity index (χ2n) is 8.86. The standard InChI is InChI=1S/C29H30O4S/c30-28-25-14-8-7-11-22(25)15-17-26(28)33-29-27(34-24-12-5-2-6-13-24)18-16-23(32-29)20-31-19-21-9-3-1-4-10-21/h1-14,23,26-27,29H,15-20H2/t23-,26?,27+,29-/m0/s1. The average molecular weight is 475 g/mol. The first kappa shape index (κ1) is 23.3. The van der Waals surface area contributed by atoms with E-state index in [1.165, 1.54) is 4.90 Å². The lowest BCUT2D eigenvalue weighted by molar-refractivity contribution is -0.213. The number of ether oxygens (including phenoxy) is 3. The number of hydrogen-bond acceptors (Lipinski definition) is 5. The predicted molar refractivity (Wildman–Crippen MR) is 134 cm³/mol. The summed E-state index contributed by atoms with van der Waals surface area (Å²) in [6.07, 6.45) is 2.41. The van der Waals surface area contributed by atoms with Gasteiger partial charge in [0.2, 0.25) is 0 Å². The van der Waals surface area contributed by atoms with Crippen molar-refractivity contribution in [1.29, 1.82) is 0 Å². The fraction of sp³-hybridized carbons (Fsp3) is 0.345. The van der Waals surface area contributed by atoms with Crippen LogP contribution in [0.25, 0.3) is 0 Å². The summed E-state index contributed by atoms with van der Waals surface area (Å²) >= 11 is 1.77. The lowest BCUT2D eigenvalue weighted by Gasteiger charge is -2.38. The SMILES string of the molecule is O=C1c2ccccc2CCC1O[C@@H]1O[C@H](COCc2ccccc2)CC[C@H]1Sc1ccccc1. The topological polar surface area (TPSA) is 44.8 Å². The highest BCUT2D eigenvalue weighted by atomic mass is 32.2. The molecule has 4 atom stereocenters. The van der Waals surface area contributed by atoms with Gasteiger partial charge in [0.1, 0.15) is 6.10 Å². The van der Waals surface area contributed by atoms with Gasteiger partial charge in [0.05, 0.1) is 24.6 Å². The summed E-state index contributed by atoms with van der Waals surface area (Å²) in [6.45, 7) is 1.07. The molecular weight excluding hydrogens is 444 g/mol. The number of Topliss-reactive ketones (excluding diaryl/α,β-unsaturated/α-hetero) is 1. The van der Waals surface area contributed by atoms with Gasteiger partial charge in [-0.1, -0.05) is 72.8 Å². The van der Waals surface area contributed by atoms with Gasteiger partial charge in [0, 0.05) is 10.5 Å². The third-order valence-corrected chi connectivity index (χ3v) is 7.70. The van der Waals surface area contributed by atoms with Crippen molar-refractivity contribution in [2.24, 2.45) is 0 Å². The molecule has 34 heavy (non-hydrogen) atoms. The number of thioether (sulfide) groups is 1. The van der Waals surface area contributed by atoms with Crippen LogP contribution >= 0.6 is 11.8 Å². The fourth-order valence-corrected chi connectivity index (χ4v) is 5.76. The Morgan fingerprint density at radius 1 is 0.853 bits per heavy atom. The second-order valence-corrected chi connectivity index (χ2v) is 10.2. The first-order valence-electron chi connectivity index (χ1n) is 12.0. The van der Waals surface area contributed by atoms with E-state index in [-0.39, 0.29) is 17.1 Å². The number of carbonyl (C=O) groups is 1. The van der Waals surface area contributed by atoms with Gasteiger partial charge in [-0.2, -0.15) is 0 Å². The van der Waals surface area contributed by atoms with Gasteiger partial charge in [-0.25, -0.2) is 0 Å². The Labute approximate surface area is 205 Å². The minimum absolute atomic E-state index is 0.0488. The van der Waals surface area contributed by atoms with Crippen LogP contribution in [0.3, 0.4) is 0 Å². The summed E-state index contributed by atoms with van der Waals surface area (Å²) in [7, 11) is 0. The fourth-order valence-electron chi connectivity index (χ4n) is 4.61. The molecule has 1 heterocycles. The van der Waals surface area contributed by atoms with Gasteiger partial charge >= 0.3 is 0 Å². The van der Waals surface area contributed by atoms with Gasteiger partial charge in [0.25, 0.3) is 0 Å². The number of ketones is 1. The van der Waals surface area contributed by atoms with Crippen molar-refractivity contribution in [3.63, 3.8) is 0 Å². The van der Waals surface area contributed by atoms with Gasteiger partial charge in [-0.05, 0) is 48.9 Å². The number of aryl methyl sites for hydroxylation is 1. The lowest BCUT2D eigenvalue weighted by Crippen LogP contribution is -2.45. The molecule has 0 aromatic heterocycles. The molecule has 1 saturated heterocycles. The molecule has 3 aromatic rings. The molecule has 0 spiro atoms. The summed E-state index contributed by atoms with van der Waals surface area (Å²) in [5.74, 6) is 0.0661. The third kappa shape index (κ3) is 5.78. The van der Waals surface area contributed by atoms with Gasteiger partial charge in [0.15, 0.2) is 12.1 Å². The minimum atomic E-state index is -0.470. The van der Waals surface area contributed by atoms with E-state index in [2.05, 4.69) is 24.3 Å². The Balaban J connectivity index is 1.25. The first-order chi connectivity index (χ1) is 16.8. The van der Waals surface area contributed by atoms with Gasteiger partial charge < -0.3 is 14.2 Å². The van der Waals surface area contributed by atoms with E-state index in [1.54, 1.807) is 11.8 Å². The number of hydrogen-bond donors (Lipinski definition) is 0. The summed E-state index contributed by atoms with van der Waals surface area (Å²) < 4.78 is 18.8. The van der Waals surface area contributed by atoms with E-state index in [0.29, 0.717) is 19.6 Å². The zero-order chi connectivity index (χ0) is 23.2. The molecule has 0 radical (unpaired) electrons. The monoisotopic (exact) mass is 474 g/mol. The molecule has 4 nitrogen and oxygen atoms in total. The maximum atomic E-state index is 13.2. The molecule has 1 unspecified atom stereocenters. The largest absolute Gasteiger partial charge is 0.374 e. The molecular formula is C29H30O4S. The van der Waals surface area contributed by atoms with Crippen molar-refractivity contribution in [2.75, 3.05) is 6.61 Å². The molecule has 5 rings (SSSR count). The number of fused-ring (bicyclic) bond motifs is 1. The Kier molecular flexibility index (Phi) is 7.76. The number of benzene rings is 3. The van der Waals surface area contributed by atoms with Crippen LogP contribution in [0.5, 0.6) is 0 Å². The van der Waals surface area contributed by atoms with Crippen molar-refractivity contribution in [3.8, 4) is 0 Å². The molecule has 2 aliphatic rings. The number of carbonyl (C=O) groups excluding carboxylic acids is 1. The maximum Gasteiger partial charge on any atom is 0.191 e. The van der Waals surface area contributed by atoms with Crippen molar-refractivity contribution in [2.45, 2.75) is 60.9 Å². The van der Waals surface area contributed by atoms with E-state index in [1.807, 2.05) is 60.7 Å². The molecule has 176 valence electrons. The number of rotatable bonds is 8. The Morgan fingerprint density at radius 3 is 2.41 bits per heavy atom. The zero-order valence-electron chi connectivity index (χ0n) is 19.2. The molecule has 1 fully saturated rings. The lowest BCUT2D eigenvalue weighted by atomic mass is 9.88. The summed E-state index contributed by atoms with van der Waals surface area (Å²) in [4.78, 5) is 14.3. The van der Waals surface area contributed by atoms with E-state index in [9.17, 15) is 4.79 Å². The van der Waals surface area contributed by atoms with Crippen LogP contribution in [0.2, 0.25) is 0 Å². The molecule has 1 aliphatic heterocycles. The smallest absolute Gasteiger partial charge is 0.191 e. The molecule has 5 heteroatoms. The van der Waals surface area contributed by atoms with E-state index < -0.39 is 12.4 Å². The predicted octanol–water partition coefficient (Wildman–Crippen LogP) is 6.08. The second kappa shape index (κ2) is 11.3. The van der Waals surface area contributed by atoms with Crippen LogP contribution < -0.4 is 0 Å². The average Bonchev–Trinajstić information content (AvgIpc) is 2.88. The van der Waals surface area contributed by atoms with Crippen LogP contribution in [-0.2, 0) is 27.2 Å². The van der Waals surface area contributed by atoms with Gasteiger partial charge in [-0.15, -0.1) is 11.8 Å². The van der Waals surface area contributed by atoms with Crippen LogP contribution in [0.15, 0.2) is 89.8 Å².